The Morgan fingerprint density at radius 3 is 2.80 bits per heavy atom. The summed E-state index contributed by atoms with van der Waals surface area (Å²) in [5, 5.41) is 3.19. The van der Waals surface area contributed by atoms with Crippen molar-refractivity contribution < 1.29 is 4.79 Å². The van der Waals surface area contributed by atoms with Gasteiger partial charge in [-0.05, 0) is 32.3 Å². The average molecular weight is 269 g/mol. The topological polar surface area (TPSA) is 46.9 Å². The molecular weight excluding hydrogens is 250 g/mol. The number of carbonyl (C=O) groups is 1. The number of hydrogen-bond acceptors (Lipinski definition) is 2. The zero-order chi connectivity index (χ0) is 14.2. The molecule has 104 valence electrons. The van der Waals surface area contributed by atoms with Crippen LogP contribution in [0.1, 0.15) is 29.8 Å². The molecule has 1 aliphatic rings. The molecule has 4 heteroatoms. The highest BCUT2D eigenvalue weighted by molar-refractivity contribution is 5.77. The van der Waals surface area contributed by atoms with Gasteiger partial charge in [0, 0.05) is 12.4 Å². The minimum atomic E-state index is -0.141. The first-order chi connectivity index (χ1) is 9.59. The Balaban J connectivity index is 1.71. The lowest BCUT2D eigenvalue weighted by atomic mass is 10.0. The van der Waals surface area contributed by atoms with Crippen molar-refractivity contribution in [1.82, 2.24) is 14.9 Å². The predicted molar refractivity (Wildman–Crippen MR) is 77.2 cm³/mol. The SMILES string of the molecule is Cc1cccc(C2(NC(=O)Cn3ccnc3C)CC2)c1. The maximum atomic E-state index is 12.2. The summed E-state index contributed by atoms with van der Waals surface area (Å²) in [5.41, 5.74) is 2.30. The van der Waals surface area contributed by atoms with E-state index in [1.165, 1.54) is 11.1 Å². The summed E-state index contributed by atoms with van der Waals surface area (Å²) in [6.45, 7) is 4.32. The number of hydrogen-bond donors (Lipinski definition) is 1. The van der Waals surface area contributed by atoms with Gasteiger partial charge in [0.25, 0.3) is 0 Å². The Labute approximate surface area is 118 Å². The quantitative estimate of drug-likeness (QED) is 0.925. The van der Waals surface area contributed by atoms with Crippen LogP contribution in [0.25, 0.3) is 0 Å². The van der Waals surface area contributed by atoms with E-state index in [1.807, 2.05) is 17.7 Å². The molecule has 1 aliphatic carbocycles. The van der Waals surface area contributed by atoms with E-state index in [4.69, 9.17) is 0 Å². The van der Waals surface area contributed by atoms with E-state index in [0.29, 0.717) is 6.54 Å². The molecule has 0 spiro atoms. The third-order valence-corrected chi connectivity index (χ3v) is 3.94. The lowest BCUT2D eigenvalue weighted by molar-refractivity contribution is -0.122. The highest BCUT2D eigenvalue weighted by atomic mass is 16.2. The van der Waals surface area contributed by atoms with Crippen molar-refractivity contribution in [2.24, 2.45) is 0 Å². The fourth-order valence-electron chi connectivity index (χ4n) is 2.59. The normalized spacial score (nSPS) is 15.9. The van der Waals surface area contributed by atoms with E-state index < -0.39 is 0 Å². The molecule has 0 radical (unpaired) electrons. The lowest BCUT2D eigenvalue weighted by Crippen LogP contribution is -2.37. The second kappa shape index (κ2) is 4.78. The van der Waals surface area contributed by atoms with Gasteiger partial charge < -0.3 is 9.88 Å². The second-order valence-electron chi connectivity index (χ2n) is 5.60. The zero-order valence-electron chi connectivity index (χ0n) is 11.9. The van der Waals surface area contributed by atoms with E-state index in [9.17, 15) is 4.79 Å². The average Bonchev–Trinajstić information content (AvgIpc) is 3.08. The van der Waals surface area contributed by atoms with Gasteiger partial charge in [-0.1, -0.05) is 29.8 Å². The van der Waals surface area contributed by atoms with Crippen LogP contribution in [0.3, 0.4) is 0 Å². The first-order valence-electron chi connectivity index (χ1n) is 6.95. The Bertz CT molecular complexity index is 641. The molecule has 1 heterocycles. The van der Waals surface area contributed by atoms with Gasteiger partial charge in [-0.25, -0.2) is 4.98 Å². The van der Waals surface area contributed by atoms with E-state index >= 15 is 0 Å². The number of rotatable bonds is 4. The van der Waals surface area contributed by atoms with Crippen molar-refractivity contribution in [3.63, 3.8) is 0 Å². The number of aromatic nitrogens is 2. The number of imidazole rings is 1. The number of aryl methyl sites for hydroxylation is 2. The van der Waals surface area contributed by atoms with Crippen LogP contribution in [0.5, 0.6) is 0 Å². The van der Waals surface area contributed by atoms with Crippen LogP contribution in [0, 0.1) is 13.8 Å². The fourth-order valence-corrected chi connectivity index (χ4v) is 2.59. The van der Waals surface area contributed by atoms with E-state index in [0.717, 1.165) is 18.7 Å². The third-order valence-electron chi connectivity index (χ3n) is 3.94. The number of carbonyl (C=O) groups excluding carboxylic acids is 1. The summed E-state index contributed by atoms with van der Waals surface area (Å²) >= 11 is 0. The standard InChI is InChI=1S/C16H19N3O/c1-12-4-3-5-14(10-12)16(6-7-16)18-15(20)11-19-9-8-17-13(19)2/h3-5,8-10H,6-7,11H2,1-2H3,(H,18,20). The smallest absolute Gasteiger partial charge is 0.240 e. The van der Waals surface area contributed by atoms with Crippen molar-refractivity contribution in [3.8, 4) is 0 Å². The zero-order valence-corrected chi connectivity index (χ0v) is 11.9. The highest BCUT2D eigenvalue weighted by Crippen LogP contribution is 2.45. The molecule has 20 heavy (non-hydrogen) atoms. The van der Waals surface area contributed by atoms with Crippen LogP contribution >= 0.6 is 0 Å². The number of benzene rings is 1. The number of amides is 1. The molecule has 0 saturated heterocycles. The van der Waals surface area contributed by atoms with E-state index in [-0.39, 0.29) is 11.4 Å². The second-order valence-corrected chi connectivity index (χ2v) is 5.60. The molecule has 1 aromatic carbocycles. The molecule has 2 aromatic rings. The Kier molecular flexibility index (Phi) is 3.08. The van der Waals surface area contributed by atoms with Crippen molar-refractivity contribution in [3.05, 3.63) is 53.6 Å². The lowest BCUT2D eigenvalue weighted by Gasteiger charge is -2.19. The van der Waals surface area contributed by atoms with Crippen molar-refractivity contribution in [2.45, 2.75) is 38.8 Å². The van der Waals surface area contributed by atoms with Gasteiger partial charge in [0.1, 0.15) is 12.4 Å². The molecule has 0 bridgehead atoms. The monoisotopic (exact) mass is 269 g/mol. The van der Waals surface area contributed by atoms with Crippen LogP contribution in [0.4, 0.5) is 0 Å². The van der Waals surface area contributed by atoms with Crippen molar-refractivity contribution in [2.75, 3.05) is 0 Å². The summed E-state index contributed by atoms with van der Waals surface area (Å²) in [6.07, 6.45) is 5.59. The summed E-state index contributed by atoms with van der Waals surface area (Å²) in [6, 6.07) is 8.39. The molecule has 0 atom stereocenters. The number of nitrogens with one attached hydrogen (secondary N) is 1. The molecule has 1 fully saturated rings. The predicted octanol–water partition coefficient (Wildman–Crippen LogP) is 2.31. The van der Waals surface area contributed by atoms with Crippen LogP contribution < -0.4 is 5.32 Å². The van der Waals surface area contributed by atoms with E-state index in [1.54, 1.807) is 6.20 Å². The summed E-state index contributed by atoms with van der Waals surface area (Å²) in [7, 11) is 0. The molecule has 4 nitrogen and oxygen atoms in total. The van der Waals surface area contributed by atoms with Gasteiger partial charge in [-0.3, -0.25) is 4.79 Å². The Morgan fingerprint density at radius 2 is 2.20 bits per heavy atom. The van der Waals surface area contributed by atoms with Crippen LogP contribution in [-0.4, -0.2) is 15.5 Å². The first-order valence-corrected chi connectivity index (χ1v) is 6.95. The summed E-state index contributed by atoms with van der Waals surface area (Å²) in [4.78, 5) is 16.4. The third kappa shape index (κ3) is 2.46. The molecule has 0 unspecified atom stereocenters. The number of nitrogens with zero attached hydrogens (tertiary/aromatic N) is 2. The van der Waals surface area contributed by atoms with Gasteiger partial charge in [0.15, 0.2) is 0 Å². The Morgan fingerprint density at radius 1 is 1.40 bits per heavy atom. The van der Waals surface area contributed by atoms with Gasteiger partial charge in [0.2, 0.25) is 5.91 Å². The van der Waals surface area contributed by atoms with Gasteiger partial charge in [-0.2, -0.15) is 0 Å². The molecule has 1 saturated carbocycles. The van der Waals surface area contributed by atoms with Gasteiger partial charge in [-0.15, -0.1) is 0 Å². The van der Waals surface area contributed by atoms with Crippen LogP contribution in [0.15, 0.2) is 36.7 Å². The highest BCUT2D eigenvalue weighted by Gasteiger charge is 2.45. The van der Waals surface area contributed by atoms with Crippen molar-refractivity contribution >= 4 is 5.91 Å². The summed E-state index contributed by atoms with van der Waals surface area (Å²) in [5.74, 6) is 0.908. The minimum absolute atomic E-state index is 0.0464. The molecule has 1 amide bonds. The minimum Gasteiger partial charge on any atom is -0.345 e. The molecule has 1 aromatic heterocycles. The largest absolute Gasteiger partial charge is 0.345 e. The maximum absolute atomic E-state index is 12.2. The van der Waals surface area contributed by atoms with Gasteiger partial charge >= 0.3 is 0 Å². The molecular formula is C16H19N3O. The summed E-state index contributed by atoms with van der Waals surface area (Å²) < 4.78 is 1.86. The Hall–Kier alpha value is -2.10. The molecule has 0 aliphatic heterocycles. The van der Waals surface area contributed by atoms with Gasteiger partial charge in [0.05, 0.1) is 5.54 Å². The van der Waals surface area contributed by atoms with E-state index in [2.05, 4.69) is 41.5 Å². The fraction of sp³-hybridized carbons (Fsp3) is 0.375. The van der Waals surface area contributed by atoms with Crippen LogP contribution in [0.2, 0.25) is 0 Å². The van der Waals surface area contributed by atoms with Crippen LogP contribution in [-0.2, 0) is 16.9 Å². The maximum Gasteiger partial charge on any atom is 0.240 e. The molecule has 3 rings (SSSR count). The van der Waals surface area contributed by atoms with Crippen molar-refractivity contribution in [1.29, 1.82) is 0 Å². The molecule has 1 N–H and O–H groups in total. The first kappa shape index (κ1) is 12.9.